The first kappa shape index (κ1) is 16.5. The summed E-state index contributed by atoms with van der Waals surface area (Å²) in [5.74, 6) is 2.73. The molecule has 1 aromatic rings. The number of likely N-dealkylation sites (N-methyl/N-ethyl adjacent to an activating group) is 1. The predicted molar refractivity (Wildman–Crippen MR) is 88.3 cm³/mol. The van der Waals surface area contributed by atoms with Crippen molar-refractivity contribution in [1.82, 2.24) is 9.80 Å². The number of rotatable bonds is 7. The number of furan rings is 1. The number of hydrogen-bond donors (Lipinski definition) is 0. The van der Waals surface area contributed by atoms with E-state index in [0.29, 0.717) is 18.8 Å². The first-order valence-corrected chi connectivity index (χ1v) is 8.73. The molecule has 1 aliphatic carbocycles. The first-order chi connectivity index (χ1) is 11.1. The number of aryl methyl sites for hydroxylation is 2. The average molecular weight is 320 g/mol. The monoisotopic (exact) mass is 320 g/mol. The molecule has 2 heterocycles. The van der Waals surface area contributed by atoms with Crippen molar-refractivity contribution in [1.29, 1.82) is 0 Å². The van der Waals surface area contributed by atoms with Crippen LogP contribution >= 0.6 is 0 Å². The molecule has 0 radical (unpaired) electrons. The molecule has 0 aromatic carbocycles. The van der Waals surface area contributed by atoms with Crippen LogP contribution in [0.5, 0.6) is 0 Å². The number of amides is 1. The van der Waals surface area contributed by atoms with E-state index in [1.807, 2.05) is 24.0 Å². The fourth-order valence-corrected chi connectivity index (χ4v) is 3.12. The van der Waals surface area contributed by atoms with Gasteiger partial charge in [0.05, 0.1) is 12.7 Å². The van der Waals surface area contributed by atoms with E-state index in [-0.39, 0.29) is 12.0 Å². The Bertz CT molecular complexity index is 524. The molecule has 1 amide bonds. The third-order valence-electron chi connectivity index (χ3n) is 4.68. The molecule has 128 valence electrons. The molecule has 2 aliphatic rings. The zero-order valence-corrected chi connectivity index (χ0v) is 14.3. The van der Waals surface area contributed by atoms with Crippen LogP contribution in [-0.4, -0.2) is 61.6 Å². The zero-order chi connectivity index (χ0) is 16.2. The second-order valence-electron chi connectivity index (χ2n) is 7.01. The van der Waals surface area contributed by atoms with Crippen LogP contribution in [0.2, 0.25) is 0 Å². The van der Waals surface area contributed by atoms with Gasteiger partial charge in [0.2, 0.25) is 5.91 Å². The quantitative estimate of drug-likeness (QED) is 0.772. The summed E-state index contributed by atoms with van der Waals surface area (Å²) in [5.41, 5.74) is 0. The number of hydrogen-bond acceptors (Lipinski definition) is 4. The molecule has 0 unspecified atom stereocenters. The Morgan fingerprint density at radius 3 is 2.83 bits per heavy atom. The van der Waals surface area contributed by atoms with Gasteiger partial charge in [-0.15, -0.1) is 0 Å². The van der Waals surface area contributed by atoms with E-state index in [0.717, 1.165) is 44.3 Å². The molecule has 23 heavy (non-hydrogen) atoms. The summed E-state index contributed by atoms with van der Waals surface area (Å²) in [6, 6.07) is 3.92. The highest BCUT2D eigenvalue weighted by Crippen LogP contribution is 2.30. The Morgan fingerprint density at radius 1 is 1.35 bits per heavy atom. The molecule has 5 nitrogen and oxygen atoms in total. The van der Waals surface area contributed by atoms with Gasteiger partial charge in [0.15, 0.2) is 0 Å². The van der Waals surface area contributed by atoms with Crippen LogP contribution in [0.1, 0.15) is 30.8 Å². The number of carbonyl (C=O) groups is 1. The molecule has 5 heteroatoms. The summed E-state index contributed by atoms with van der Waals surface area (Å²) in [4.78, 5) is 17.0. The van der Waals surface area contributed by atoms with Gasteiger partial charge in [0.1, 0.15) is 11.5 Å². The van der Waals surface area contributed by atoms with E-state index in [1.54, 1.807) is 0 Å². The van der Waals surface area contributed by atoms with E-state index < -0.39 is 0 Å². The molecule has 1 aromatic heterocycles. The molecular formula is C18H28N2O3. The Kier molecular flexibility index (Phi) is 5.38. The number of morpholine rings is 1. The van der Waals surface area contributed by atoms with Gasteiger partial charge in [0, 0.05) is 39.0 Å². The van der Waals surface area contributed by atoms with Crippen molar-refractivity contribution in [2.75, 3.05) is 39.8 Å². The lowest BCUT2D eigenvalue weighted by Gasteiger charge is -2.34. The van der Waals surface area contributed by atoms with Gasteiger partial charge in [-0.25, -0.2) is 0 Å². The lowest BCUT2D eigenvalue weighted by molar-refractivity contribution is -0.134. The largest absolute Gasteiger partial charge is 0.466 e. The molecule has 0 N–H and O–H groups in total. The van der Waals surface area contributed by atoms with Crippen molar-refractivity contribution in [3.8, 4) is 0 Å². The van der Waals surface area contributed by atoms with E-state index in [1.165, 1.54) is 12.8 Å². The Hall–Kier alpha value is -1.33. The van der Waals surface area contributed by atoms with Crippen molar-refractivity contribution in [3.63, 3.8) is 0 Å². The lowest BCUT2D eigenvalue weighted by atomic mass is 10.2. The lowest BCUT2D eigenvalue weighted by Crippen LogP contribution is -2.48. The SMILES string of the molecule is Cc1ccc(CCC(=O)N(CC2CC2)C[C@H]2CN(C)CCO2)o1. The van der Waals surface area contributed by atoms with Gasteiger partial charge < -0.3 is 19.0 Å². The number of carbonyl (C=O) groups excluding carboxylic acids is 1. The average Bonchev–Trinajstić information content (AvgIpc) is 3.24. The van der Waals surface area contributed by atoms with Gasteiger partial charge >= 0.3 is 0 Å². The maximum absolute atomic E-state index is 12.7. The number of nitrogens with zero attached hydrogens (tertiary/aromatic N) is 2. The van der Waals surface area contributed by atoms with Crippen LogP contribution in [0.3, 0.4) is 0 Å². The van der Waals surface area contributed by atoms with E-state index >= 15 is 0 Å². The van der Waals surface area contributed by atoms with E-state index in [9.17, 15) is 4.79 Å². The Morgan fingerprint density at radius 2 is 2.17 bits per heavy atom. The summed E-state index contributed by atoms with van der Waals surface area (Å²) in [6.07, 6.45) is 3.85. The molecule has 1 saturated heterocycles. The molecule has 1 saturated carbocycles. The third-order valence-corrected chi connectivity index (χ3v) is 4.68. The van der Waals surface area contributed by atoms with E-state index in [2.05, 4.69) is 11.9 Å². The van der Waals surface area contributed by atoms with Crippen LogP contribution in [0, 0.1) is 12.8 Å². The maximum atomic E-state index is 12.7. The Balaban J connectivity index is 1.52. The third kappa shape index (κ3) is 5.08. The minimum absolute atomic E-state index is 0.141. The van der Waals surface area contributed by atoms with Crippen LogP contribution in [-0.2, 0) is 16.0 Å². The van der Waals surface area contributed by atoms with Crippen molar-refractivity contribution in [2.24, 2.45) is 5.92 Å². The van der Waals surface area contributed by atoms with Crippen molar-refractivity contribution in [2.45, 2.75) is 38.7 Å². The summed E-state index contributed by atoms with van der Waals surface area (Å²) in [6.45, 7) is 6.19. The second kappa shape index (κ2) is 7.49. The molecular weight excluding hydrogens is 292 g/mol. The standard InChI is InChI=1S/C18H28N2O3/c1-14-3-6-16(23-14)7-8-18(21)20(11-15-4-5-15)13-17-12-19(2)9-10-22-17/h3,6,15,17H,4-5,7-13H2,1-2H3/t17-/m1/s1. The molecule has 2 fully saturated rings. The topological polar surface area (TPSA) is 45.9 Å². The van der Waals surface area contributed by atoms with Crippen molar-refractivity contribution < 1.29 is 13.9 Å². The Labute approximate surface area is 138 Å². The zero-order valence-electron chi connectivity index (χ0n) is 14.3. The van der Waals surface area contributed by atoms with Gasteiger partial charge in [-0.2, -0.15) is 0 Å². The molecule has 1 atom stereocenters. The predicted octanol–water partition coefficient (Wildman–Crippen LogP) is 2.09. The smallest absolute Gasteiger partial charge is 0.223 e. The fourth-order valence-electron chi connectivity index (χ4n) is 3.12. The highest BCUT2D eigenvalue weighted by Gasteiger charge is 2.29. The summed E-state index contributed by atoms with van der Waals surface area (Å²) in [7, 11) is 2.11. The highest BCUT2D eigenvalue weighted by atomic mass is 16.5. The molecule has 3 rings (SSSR count). The van der Waals surface area contributed by atoms with Gasteiger partial charge in [-0.05, 0) is 44.9 Å². The fraction of sp³-hybridized carbons (Fsp3) is 0.722. The normalized spacial score (nSPS) is 22.3. The van der Waals surface area contributed by atoms with Crippen LogP contribution < -0.4 is 0 Å². The highest BCUT2D eigenvalue weighted by molar-refractivity contribution is 5.76. The van der Waals surface area contributed by atoms with Crippen LogP contribution in [0.15, 0.2) is 16.5 Å². The second-order valence-corrected chi connectivity index (χ2v) is 7.01. The van der Waals surface area contributed by atoms with Crippen molar-refractivity contribution in [3.05, 3.63) is 23.7 Å². The van der Waals surface area contributed by atoms with Gasteiger partial charge in [-0.3, -0.25) is 4.79 Å². The van der Waals surface area contributed by atoms with Gasteiger partial charge in [0.25, 0.3) is 0 Å². The minimum Gasteiger partial charge on any atom is -0.466 e. The van der Waals surface area contributed by atoms with Crippen LogP contribution in [0.25, 0.3) is 0 Å². The van der Waals surface area contributed by atoms with E-state index in [4.69, 9.17) is 9.15 Å². The van der Waals surface area contributed by atoms with Crippen LogP contribution in [0.4, 0.5) is 0 Å². The van der Waals surface area contributed by atoms with Gasteiger partial charge in [-0.1, -0.05) is 0 Å². The number of ether oxygens (including phenoxy) is 1. The summed E-state index contributed by atoms with van der Waals surface area (Å²) in [5, 5.41) is 0. The molecule has 0 spiro atoms. The molecule has 0 bridgehead atoms. The summed E-state index contributed by atoms with van der Waals surface area (Å²) >= 11 is 0. The maximum Gasteiger partial charge on any atom is 0.223 e. The first-order valence-electron chi connectivity index (χ1n) is 8.73. The molecule has 1 aliphatic heterocycles. The van der Waals surface area contributed by atoms with Crippen molar-refractivity contribution >= 4 is 5.91 Å². The minimum atomic E-state index is 0.141. The summed E-state index contributed by atoms with van der Waals surface area (Å²) < 4.78 is 11.4.